The van der Waals surface area contributed by atoms with E-state index >= 15 is 0 Å². The van der Waals surface area contributed by atoms with Crippen LogP contribution in [0.25, 0.3) is 0 Å². The van der Waals surface area contributed by atoms with Crippen LogP contribution in [0.2, 0.25) is 0 Å². The highest BCUT2D eigenvalue weighted by molar-refractivity contribution is 14.0. The van der Waals surface area contributed by atoms with E-state index in [2.05, 4.69) is 25.1 Å². The number of nitrogens with one attached hydrogen (secondary N) is 1. The first-order valence-electron chi connectivity index (χ1n) is 7.87. The molecule has 0 aromatic carbocycles. The lowest BCUT2D eigenvalue weighted by Gasteiger charge is -2.37. The first-order chi connectivity index (χ1) is 11.1. The second kappa shape index (κ2) is 10.0. The lowest BCUT2D eigenvalue weighted by molar-refractivity contribution is 0.372. The Balaban J connectivity index is 0.00000288. The van der Waals surface area contributed by atoms with Crippen molar-refractivity contribution in [3.63, 3.8) is 0 Å². The molecule has 1 aliphatic heterocycles. The molecule has 0 spiro atoms. The summed E-state index contributed by atoms with van der Waals surface area (Å²) in [6, 6.07) is 5.91. The van der Waals surface area contributed by atoms with E-state index in [1.54, 1.807) is 20.2 Å². The molecule has 0 atom stereocenters. The normalized spacial score (nSPS) is 15.8. The van der Waals surface area contributed by atoms with E-state index < -0.39 is 9.84 Å². The molecular weight excluding hydrogens is 441 g/mol. The number of aromatic nitrogens is 1. The Hall–Kier alpha value is -1.10. The fourth-order valence-electron chi connectivity index (χ4n) is 2.48. The van der Waals surface area contributed by atoms with Gasteiger partial charge in [-0.25, -0.2) is 13.4 Å². The van der Waals surface area contributed by atoms with E-state index in [0.717, 1.165) is 38.0 Å². The average Bonchev–Trinajstić information content (AvgIpc) is 2.60. The Bertz CT molecular complexity index is 616. The van der Waals surface area contributed by atoms with Gasteiger partial charge in [0.2, 0.25) is 0 Å². The van der Waals surface area contributed by atoms with Crippen LogP contribution in [-0.4, -0.2) is 75.5 Å². The summed E-state index contributed by atoms with van der Waals surface area (Å²) in [6.07, 6.45) is 1.80. The van der Waals surface area contributed by atoms with Gasteiger partial charge in [-0.2, -0.15) is 0 Å². The number of aliphatic imine (C=N–C) groups is 1. The first-order valence-corrected chi connectivity index (χ1v) is 9.70. The third-order valence-electron chi connectivity index (χ3n) is 3.90. The number of sulfone groups is 1. The van der Waals surface area contributed by atoms with E-state index in [0.29, 0.717) is 6.54 Å². The van der Waals surface area contributed by atoms with Crippen molar-refractivity contribution in [3.05, 3.63) is 24.4 Å². The van der Waals surface area contributed by atoms with Gasteiger partial charge in [0.15, 0.2) is 15.8 Å². The van der Waals surface area contributed by atoms with Crippen molar-refractivity contribution < 1.29 is 8.42 Å². The molecule has 136 valence electrons. The summed E-state index contributed by atoms with van der Waals surface area (Å²) in [4.78, 5) is 13.0. The van der Waals surface area contributed by atoms with E-state index in [9.17, 15) is 8.42 Å². The molecule has 0 saturated carbocycles. The number of anilines is 1. The molecule has 0 aliphatic carbocycles. The molecule has 0 radical (unpaired) electrons. The number of hydrogen-bond acceptors (Lipinski definition) is 5. The van der Waals surface area contributed by atoms with Gasteiger partial charge < -0.3 is 15.1 Å². The van der Waals surface area contributed by atoms with E-state index in [4.69, 9.17) is 0 Å². The van der Waals surface area contributed by atoms with E-state index in [1.165, 1.54) is 0 Å². The maximum absolute atomic E-state index is 11.5. The molecule has 1 aliphatic rings. The second-order valence-electron chi connectivity index (χ2n) is 5.37. The van der Waals surface area contributed by atoms with Crippen LogP contribution in [0, 0.1) is 0 Å². The zero-order valence-electron chi connectivity index (χ0n) is 14.2. The number of rotatable bonds is 5. The van der Waals surface area contributed by atoms with Crippen molar-refractivity contribution in [2.75, 3.05) is 56.2 Å². The van der Waals surface area contributed by atoms with Gasteiger partial charge in [-0.05, 0) is 12.1 Å². The minimum atomic E-state index is -2.95. The topological polar surface area (TPSA) is 77.9 Å². The van der Waals surface area contributed by atoms with Gasteiger partial charge in [0.1, 0.15) is 5.82 Å². The molecule has 24 heavy (non-hydrogen) atoms. The van der Waals surface area contributed by atoms with Crippen LogP contribution < -0.4 is 10.2 Å². The van der Waals surface area contributed by atoms with Crippen molar-refractivity contribution in [3.8, 4) is 0 Å². The van der Waals surface area contributed by atoms with E-state index in [-0.39, 0.29) is 35.5 Å². The minimum absolute atomic E-state index is 0. The molecule has 2 rings (SSSR count). The smallest absolute Gasteiger partial charge is 0.193 e. The molecule has 0 unspecified atom stereocenters. The van der Waals surface area contributed by atoms with Gasteiger partial charge >= 0.3 is 0 Å². The predicted octanol–water partition coefficient (Wildman–Crippen LogP) is 0.832. The van der Waals surface area contributed by atoms with Crippen molar-refractivity contribution in [2.24, 2.45) is 4.99 Å². The summed E-state index contributed by atoms with van der Waals surface area (Å²) < 4.78 is 23.1. The summed E-state index contributed by atoms with van der Waals surface area (Å²) in [5.74, 6) is 2.06. The van der Waals surface area contributed by atoms with Gasteiger partial charge in [0, 0.05) is 51.7 Å². The number of pyridine rings is 1. The van der Waals surface area contributed by atoms with Crippen LogP contribution in [0.3, 0.4) is 0 Å². The summed E-state index contributed by atoms with van der Waals surface area (Å²) in [5.41, 5.74) is 0. The zero-order chi connectivity index (χ0) is 16.7. The molecule has 1 aromatic heterocycles. The van der Waals surface area contributed by atoms with Crippen LogP contribution >= 0.6 is 24.0 Å². The molecule has 1 fully saturated rings. The minimum Gasteiger partial charge on any atom is -0.355 e. The van der Waals surface area contributed by atoms with Crippen LogP contribution in [0.5, 0.6) is 0 Å². The number of hydrogen-bond donors (Lipinski definition) is 1. The molecule has 1 N–H and O–H groups in total. The lowest BCUT2D eigenvalue weighted by Crippen LogP contribution is -2.53. The van der Waals surface area contributed by atoms with Crippen LogP contribution in [-0.2, 0) is 9.84 Å². The maximum Gasteiger partial charge on any atom is 0.193 e. The zero-order valence-corrected chi connectivity index (χ0v) is 17.3. The number of guanidine groups is 1. The molecule has 2 heterocycles. The van der Waals surface area contributed by atoms with E-state index in [1.807, 2.05) is 18.2 Å². The number of nitrogens with zero attached hydrogens (tertiary/aromatic N) is 4. The van der Waals surface area contributed by atoms with Gasteiger partial charge in [-0.1, -0.05) is 13.0 Å². The average molecular weight is 467 g/mol. The fraction of sp³-hybridized carbons (Fsp3) is 0.600. The summed E-state index contributed by atoms with van der Waals surface area (Å²) in [7, 11) is -1.23. The van der Waals surface area contributed by atoms with Crippen LogP contribution in [0.15, 0.2) is 29.4 Å². The van der Waals surface area contributed by atoms with Crippen LogP contribution in [0.4, 0.5) is 5.82 Å². The molecule has 1 saturated heterocycles. The van der Waals surface area contributed by atoms with Gasteiger partial charge in [0.05, 0.1) is 5.75 Å². The quantitative estimate of drug-likeness (QED) is 0.393. The Morgan fingerprint density at radius 1 is 1.29 bits per heavy atom. The largest absolute Gasteiger partial charge is 0.355 e. The fourth-order valence-corrected chi connectivity index (χ4v) is 3.18. The lowest BCUT2D eigenvalue weighted by atomic mass is 10.3. The van der Waals surface area contributed by atoms with Crippen molar-refractivity contribution in [1.29, 1.82) is 0 Å². The van der Waals surface area contributed by atoms with Crippen molar-refractivity contribution in [1.82, 2.24) is 15.2 Å². The van der Waals surface area contributed by atoms with Gasteiger partial charge in [0.25, 0.3) is 0 Å². The Morgan fingerprint density at radius 3 is 2.54 bits per heavy atom. The third kappa shape index (κ3) is 6.08. The Labute approximate surface area is 161 Å². The standard InChI is InChI=1S/C15H25N5O2S.HI/c1-3-23(21,22)13-8-18-15(16-2)20-11-9-19(10-12-20)14-6-4-5-7-17-14;/h4-7H,3,8-13H2,1-2H3,(H,16,18);1H. The summed E-state index contributed by atoms with van der Waals surface area (Å²) >= 11 is 0. The molecule has 7 nitrogen and oxygen atoms in total. The highest BCUT2D eigenvalue weighted by atomic mass is 127. The molecule has 0 bridgehead atoms. The molecule has 9 heteroatoms. The van der Waals surface area contributed by atoms with Gasteiger partial charge in [-0.15, -0.1) is 24.0 Å². The van der Waals surface area contributed by atoms with Crippen molar-refractivity contribution >= 4 is 45.6 Å². The predicted molar refractivity (Wildman–Crippen MR) is 109 cm³/mol. The molecule has 0 amide bonds. The number of halogens is 1. The Kier molecular flexibility index (Phi) is 8.74. The third-order valence-corrected chi connectivity index (χ3v) is 5.61. The van der Waals surface area contributed by atoms with Crippen molar-refractivity contribution in [2.45, 2.75) is 6.92 Å². The Morgan fingerprint density at radius 2 is 2.00 bits per heavy atom. The summed E-state index contributed by atoms with van der Waals surface area (Å²) in [5, 5.41) is 3.15. The summed E-state index contributed by atoms with van der Waals surface area (Å²) in [6.45, 7) is 5.45. The SMILES string of the molecule is CCS(=O)(=O)CCNC(=NC)N1CCN(c2ccccn2)CC1.I. The highest BCUT2D eigenvalue weighted by Crippen LogP contribution is 2.12. The highest BCUT2D eigenvalue weighted by Gasteiger charge is 2.20. The van der Waals surface area contributed by atoms with Crippen LogP contribution in [0.1, 0.15) is 6.92 Å². The van der Waals surface area contributed by atoms with Gasteiger partial charge in [-0.3, -0.25) is 4.99 Å². The second-order valence-corrected chi connectivity index (χ2v) is 7.85. The maximum atomic E-state index is 11.5. The first kappa shape index (κ1) is 20.9. The monoisotopic (exact) mass is 467 g/mol. The molecular formula is C15H26IN5O2S. The number of piperazine rings is 1. The molecule has 1 aromatic rings.